The number of carbonyl (C=O) groups excluding carboxylic acids is 1. The lowest BCUT2D eigenvalue weighted by Gasteiger charge is -1.78. The van der Waals surface area contributed by atoms with Gasteiger partial charge in [-0.2, -0.15) is 0 Å². The minimum atomic E-state index is -1.60. The Labute approximate surface area is 52.8 Å². The first-order chi connectivity index (χ1) is 3.13. The van der Waals surface area contributed by atoms with E-state index in [4.69, 9.17) is 22.3 Å². The quantitative estimate of drug-likeness (QED) is 0.557. The Morgan fingerprint density at radius 2 is 2.14 bits per heavy atom. The Kier molecular flexibility index (Phi) is 3.60. The molecule has 0 radical (unpaired) electrons. The summed E-state index contributed by atoms with van der Waals surface area (Å²) in [7, 11) is 3.23. The molecule has 0 aromatic rings. The van der Waals surface area contributed by atoms with E-state index in [1.54, 1.807) is 0 Å². The molecule has 0 bridgehead atoms. The zero-order valence-electron chi connectivity index (χ0n) is 3.19. The molecule has 5 heteroatoms. The van der Waals surface area contributed by atoms with Crippen molar-refractivity contribution in [3.05, 3.63) is 0 Å². The van der Waals surface area contributed by atoms with Gasteiger partial charge in [-0.1, -0.05) is 0 Å². The Morgan fingerprint density at radius 1 is 1.71 bits per heavy atom. The normalized spacial score (nSPS) is 13.4. The van der Waals surface area contributed by atoms with Crippen molar-refractivity contribution in [2.75, 3.05) is 5.75 Å². The van der Waals surface area contributed by atoms with Crippen molar-refractivity contribution in [2.45, 2.75) is 0 Å². The third-order valence-corrected chi connectivity index (χ3v) is 1.34. The number of hydrogen-bond donors (Lipinski definition) is 0. The molecule has 0 fully saturated rings. The van der Waals surface area contributed by atoms with Crippen molar-refractivity contribution >= 4 is 37.5 Å². The Balaban J connectivity index is 3.32. The van der Waals surface area contributed by atoms with Crippen molar-refractivity contribution in [1.29, 1.82) is 0 Å². The van der Waals surface area contributed by atoms with Gasteiger partial charge in [-0.05, 0) is 22.3 Å². The predicted molar refractivity (Wildman–Crippen MR) is 29.7 cm³/mol. The van der Waals surface area contributed by atoms with Gasteiger partial charge in [-0.15, -0.1) is 0 Å². The molecule has 0 N–H and O–H groups in total. The average molecular weight is 161 g/mol. The minimum absolute atomic E-state index is 0.275. The molecule has 0 aromatic carbocycles. The van der Waals surface area contributed by atoms with Crippen molar-refractivity contribution in [3.8, 4) is 0 Å². The summed E-state index contributed by atoms with van der Waals surface area (Å²) in [6.45, 7) is 0. The first kappa shape index (κ1) is 7.40. The van der Waals surface area contributed by atoms with Crippen molar-refractivity contribution in [2.24, 2.45) is 0 Å². The summed E-state index contributed by atoms with van der Waals surface area (Å²) in [6.07, 6.45) is 0. The van der Waals surface area contributed by atoms with E-state index in [0.29, 0.717) is 0 Å². The fourth-order valence-electron chi connectivity index (χ4n) is 0.0892. The smallest absolute Gasteiger partial charge is 0.235 e. The maximum absolute atomic E-state index is 9.83. The van der Waals surface area contributed by atoms with Gasteiger partial charge in [-0.25, -0.2) is 4.21 Å². The number of rotatable bonds is 2. The van der Waals surface area contributed by atoms with Crippen LogP contribution in [-0.2, 0) is 14.8 Å². The van der Waals surface area contributed by atoms with Gasteiger partial charge in [0.2, 0.25) is 5.24 Å². The molecule has 0 aliphatic rings. The van der Waals surface area contributed by atoms with Crippen LogP contribution in [0.4, 0.5) is 0 Å². The van der Waals surface area contributed by atoms with Crippen molar-refractivity contribution in [3.63, 3.8) is 0 Å². The van der Waals surface area contributed by atoms with Gasteiger partial charge in [0.05, 0.1) is 0 Å². The second-order valence-electron chi connectivity index (χ2n) is 0.789. The van der Waals surface area contributed by atoms with Crippen molar-refractivity contribution < 1.29 is 9.00 Å². The van der Waals surface area contributed by atoms with Crippen LogP contribution < -0.4 is 0 Å². The van der Waals surface area contributed by atoms with Gasteiger partial charge in [0.25, 0.3) is 0 Å². The largest absolute Gasteiger partial charge is 0.280 e. The van der Waals surface area contributed by atoms with E-state index in [9.17, 15) is 9.00 Å². The molecule has 0 heterocycles. The molecule has 0 aromatic heterocycles. The second-order valence-corrected chi connectivity index (χ2v) is 3.11. The standard InChI is InChI=1S/C2H2Cl2O2S/c3-2(5)1-7(4)6/h1H2. The van der Waals surface area contributed by atoms with Crippen LogP contribution in [0.2, 0.25) is 0 Å². The molecule has 1 atom stereocenters. The molecule has 2 nitrogen and oxygen atoms in total. The van der Waals surface area contributed by atoms with Crippen LogP contribution >= 0.6 is 22.3 Å². The molecule has 0 spiro atoms. The van der Waals surface area contributed by atoms with E-state index in [1.807, 2.05) is 0 Å². The summed E-state index contributed by atoms with van der Waals surface area (Å²) in [5, 5.41) is -0.673. The number of carbonyl (C=O) groups is 1. The maximum Gasteiger partial charge on any atom is 0.235 e. The lowest BCUT2D eigenvalue weighted by atomic mass is 10.9. The van der Waals surface area contributed by atoms with E-state index in [1.165, 1.54) is 0 Å². The lowest BCUT2D eigenvalue weighted by Crippen LogP contribution is -1.96. The molecule has 42 valence electrons. The highest BCUT2D eigenvalue weighted by molar-refractivity contribution is 8.08. The van der Waals surface area contributed by atoms with Gasteiger partial charge in [0.1, 0.15) is 15.8 Å². The third kappa shape index (κ3) is 6.40. The topological polar surface area (TPSA) is 34.1 Å². The van der Waals surface area contributed by atoms with E-state index in [-0.39, 0.29) is 5.75 Å². The minimum Gasteiger partial charge on any atom is -0.280 e. The van der Waals surface area contributed by atoms with Crippen LogP contribution in [0.15, 0.2) is 0 Å². The monoisotopic (exact) mass is 160 g/mol. The molecule has 1 unspecified atom stereocenters. The highest BCUT2D eigenvalue weighted by atomic mass is 35.7. The fraction of sp³-hybridized carbons (Fsp3) is 0.500. The zero-order valence-corrected chi connectivity index (χ0v) is 5.52. The number of hydrogen-bond acceptors (Lipinski definition) is 2. The zero-order chi connectivity index (χ0) is 5.86. The molecule has 0 saturated heterocycles. The lowest BCUT2D eigenvalue weighted by molar-refractivity contribution is -0.109. The summed E-state index contributed by atoms with van der Waals surface area (Å²) < 4.78 is 9.83. The predicted octanol–water partition coefficient (Wildman–Crippen LogP) is 0.654. The van der Waals surface area contributed by atoms with Crippen LogP contribution in [0.5, 0.6) is 0 Å². The Bertz CT molecular complexity index is 89.9. The van der Waals surface area contributed by atoms with E-state index >= 15 is 0 Å². The Morgan fingerprint density at radius 3 is 2.14 bits per heavy atom. The summed E-state index contributed by atoms with van der Waals surface area (Å²) in [6, 6.07) is 0. The van der Waals surface area contributed by atoms with Crippen LogP contribution in [0.1, 0.15) is 0 Å². The summed E-state index contributed by atoms with van der Waals surface area (Å²) >= 11 is 4.76. The average Bonchev–Trinajstić information content (AvgIpc) is 1.27. The summed E-state index contributed by atoms with van der Waals surface area (Å²) in [5.74, 6) is -0.275. The third-order valence-electron chi connectivity index (χ3n) is 0.227. The van der Waals surface area contributed by atoms with Gasteiger partial charge in [0.15, 0.2) is 0 Å². The molecular formula is C2H2Cl2O2S. The van der Waals surface area contributed by atoms with Crippen LogP contribution in [0, 0.1) is 0 Å². The molecule has 0 rings (SSSR count). The van der Waals surface area contributed by atoms with Gasteiger partial charge < -0.3 is 0 Å². The highest BCUT2D eigenvalue weighted by Crippen LogP contribution is 1.90. The summed E-state index contributed by atoms with van der Waals surface area (Å²) in [5.41, 5.74) is 0. The van der Waals surface area contributed by atoms with Gasteiger partial charge in [-0.3, -0.25) is 4.79 Å². The molecule has 0 aliphatic carbocycles. The van der Waals surface area contributed by atoms with E-state index in [2.05, 4.69) is 0 Å². The molecule has 7 heavy (non-hydrogen) atoms. The van der Waals surface area contributed by atoms with Gasteiger partial charge >= 0.3 is 0 Å². The first-order valence-electron chi connectivity index (χ1n) is 1.36. The molecule has 0 saturated carbocycles. The maximum atomic E-state index is 9.83. The molecule has 0 aliphatic heterocycles. The fourth-order valence-corrected chi connectivity index (χ4v) is 1.03. The van der Waals surface area contributed by atoms with E-state index in [0.717, 1.165) is 0 Å². The molecule has 0 amide bonds. The van der Waals surface area contributed by atoms with Crippen LogP contribution in [0.3, 0.4) is 0 Å². The van der Waals surface area contributed by atoms with E-state index < -0.39 is 15.3 Å². The molecular weight excluding hydrogens is 159 g/mol. The SMILES string of the molecule is O=C(Cl)CS(=O)Cl. The summed E-state index contributed by atoms with van der Waals surface area (Å²) in [4.78, 5) is 9.74. The second kappa shape index (κ2) is 3.41. The first-order valence-corrected chi connectivity index (χ1v) is 3.88. The van der Waals surface area contributed by atoms with Crippen LogP contribution in [-0.4, -0.2) is 15.2 Å². The van der Waals surface area contributed by atoms with Crippen LogP contribution in [0.25, 0.3) is 0 Å². The van der Waals surface area contributed by atoms with Gasteiger partial charge in [0, 0.05) is 0 Å². The number of halogens is 2. The highest BCUT2D eigenvalue weighted by Gasteiger charge is 1.98. The Hall–Kier alpha value is 0.400. The van der Waals surface area contributed by atoms with Crippen molar-refractivity contribution in [1.82, 2.24) is 0 Å².